The minimum absolute atomic E-state index is 0.0413. The summed E-state index contributed by atoms with van der Waals surface area (Å²) in [7, 11) is 0. The van der Waals surface area contributed by atoms with Crippen molar-refractivity contribution < 1.29 is 28.3 Å². The Bertz CT molecular complexity index is 1500. The molecule has 1 N–H and O–H groups in total. The Morgan fingerprint density at radius 1 is 1.06 bits per heavy atom. The van der Waals surface area contributed by atoms with Gasteiger partial charge in [-0.15, -0.1) is 0 Å². The lowest BCUT2D eigenvalue weighted by atomic mass is 9.93. The van der Waals surface area contributed by atoms with Gasteiger partial charge in [0.15, 0.2) is 6.61 Å². The van der Waals surface area contributed by atoms with Crippen LogP contribution >= 0.6 is 0 Å². The molecule has 5 rings (SSSR count). The number of fused-ring (bicyclic) bond motifs is 2. The van der Waals surface area contributed by atoms with E-state index in [9.17, 15) is 19.6 Å². The summed E-state index contributed by atoms with van der Waals surface area (Å²) < 4.78 is 16.1. The molecule has 1 aromatic heterocycles. The maximum atomic E-state index is 12.6. The predicted octanol–water partition coefficient (Wildman–Crippen LogP) is 4.55. The van der Waals surface area contributed by atoms with Gasteiger partial charge in [-0.25, -0.2) is 9.59 Å². The summed E-state index contributed by atoms with van der Waals surface area (Å²) >= 11 is 0. The number of nitriles is 1. The van der Waals surface area contributed by atoms with Crippen molar-refractivity contribution in [2.75, 3.05) is 11.9 Å². The van der Waals surface area contributed by atoms with Crippen LogP contribution < -0.4 is 5.32 Å². The number of hydrogen-bond donors (Lipinski definition) is 1. The van der Waals surface area contributed by atoms with Gasteiger partial charge >= 0.3 is 11.9 Å². The molecular formula is C27H18N2O6. The largest absolute Gasteiger partial charge is 0.454 e. The smallest absolute Gasteiger partial charge is 0.339 e. The van der Waals surface area contributed by atoms with Crippen molar-refractivity contribution in [2.24, 2.45) is 0 Å². The van der Waals surface area contributed by atoms with Crippen molar-refractivity contribution in [1.82, 2.24) is 0 Å². The topological polar surface area (TPSA) is 119 Å². The second-order valence-corrected chi connectivity index (χ2v) is 7.92. The molecule has 1 unspecified atom stereocenters. The van der Waals surface area contributed by atoms with Crippen LogP contribution in [0.15, 0.2) is 77.2 Å². The van der Waals surface area contributed by atoms with Gasteiger partial charge in [0.1, 0.15) is 23.4 Å². The van der Waals surface area contributed by atoms with E-state index in [1.54, 1.807) is 30.3 Å². The van der Waals surface area contributed by atoms with Gasteiger partial charge in [-0.1, -0.05) is 42.5 Å². The summed E-state index contributed by atoms with van der Waals surface area (Å²) in [5, 5.41) is 12.4. The maximum Gasteiger partial charge on any atom is 0.339 e. The fraction of sp³-hybridized carbons (Fsp3) is 0.111. The number of benzene rings is 3. The summed E-state index contributed by atoms with van der Waals surface area (Å²) in [5.41, 5.74) is 2.81. The Kier molecular flexibility index (Phi) is 5.73. The number of ether oxygens (including phenoxy) is 2. The van der Waals surface area contributed by atoms with E-state index in [1.807, 2.05) is 36.4 Å². The fourth-order valence-electron chi connectivity index (χ4n) is 4.01. The Hall–Kier alpha value is -4.90. The number of nitrogens with zero attached hydrogens (tertiary/aromatic N) is 1. The summed E-state index contributed by atoms with van der Waals surface area (Å²) in [5.74, 6) is -1.83. The normalized spacial score (nSPS) is 14.5. The molecule has 2 heterocycles. The Morgan fingerprint density at radius 2 is 1.83 bits per heavy atom. The highest BCUT2D eigenvalue weighted by Gasteiger charge is 2.28. The summed E-state index contributed by atoms with van der Waals surface area (Å²) in [6, 6.07) is 22.7. The van der Waals surface area contributed by atoms with Gasteiger partial charge in [-0.05, 0) is 41.5 Å². The molecular weight excluding hydrogens is 448 g/mol. The highest BCUT2D eigenvalue weighted by Crippen LogP contribution is 2.32. The molecule has 1 amide bonds. The molecule has 8 nitrogen and oxygen atoms in total. The molecule has 0 saturated heterocycles. The average Bonchev–Trinajstić information content (AvgIpc) is 3.24. The molecule has 0 fully saturated rings. The second kappa shape index (κ2) is 9.15. The molecule has 1 aliphatic rings. The number of furan rings is 1. The number of carbonyl (C=O) groups excluding carboxylic acids is 3. The van der Waals surface area contributed by atoms with Gasteiger partial charge in [-0.3, -0.25) is 4.79 Å². The van der Waals surface area contributed by atoms with Crippen LogP contribution in [-0.2, 0) is 20.7 Å². The number of hydrogen-bond acceptors (Lipinski definition) is 7. The van der Waals surface area contributed by atoms with Crippen LogP contribution in [0.5, 0.6) is 0 Å². The minimum Gasteiger partial charge on any atom is -0.454 e. The SMILES string of the molecule is N#Cc1oc2ccccc2c1NC(=O)COC(=O)c1ccc2c(c1)CC(c1ccccc1)OC2=O. The van der Waals surface area contributed by atoms with E-state index < -0.39 is 30.6 Å². The monoisotopic (exact) mass is 466 g/mol. The van der Waals surface area contributed by atoms with Gasteiger partial charge in [0.05, 0.1) is 11.1 Å². The predicted molar refractivity (Wildman–Crippen MR) is 125 cm³/mol. The van der Waals surface area contributed by atoms with E-state index in [4.69, 9.17) is 13.9 Å². The highest BCUT2D eigenvalue weighted by molar-refractivity contribution is 6.04. The fourth-order valence-corrected chi connectivity index (χ4v) is 4.01. The third-order valence-electron chi connectivity index (χ3n) is 5.68. The Labute approximate surface area is 199 Å². The zero-order chi connectivity index (χ0) is 24.4. The molecule has 1 atom stereocenters. The van der Waals surface area contributed by atoms with Crippen LogP contribution in [0.2, 0.25) is 0 Å². The van der Waals surface area contributed by atoms with Crippen molar-refractivity contribution in [3.63, 3.8) is 0 Å². The molecule has 35 heavy (non-hydrogen) atoms. The Balaban J connectivity index is 1.27. The van der Waals surface area contributed by atoms with E-state index in [1.165, 1.54) is 12.1 Å². The van der Waals surface area contributed by atoms with E-state index in [0.717, 1.165) is 5.56 Å². The third kappa shape index (κ3) is 4.35. The number of para-hydroxylation sites is 1. The number of anilines is 1. The van der Waals surface area contributed by atoms with Gasteiger partial charge in [0.25, 0.3) is 5.91 Å². The summed E-state index contributed by atoms with van der Waals surface area (Å²) in [6.07, 6.45) is -0.0376. The second-order valence-electron chi connectivity index (χ2n) is 7.92. The van der Waals surface area contributed by atoms with Gasteiger partial charge in [-0.2, -0.15) is 5.26 Å². The first-order valence-electron chi connectivity index (χ1n) is 10.8. The lowest BCUT2D eigenvalue weighted by Gasteiger charge is -2.25. The zero-order valence-electron chi connectivity index (χ0n) is 18.3. The highest BCUT2D eigenvalue weighted by atomic mass is 16.5. The summed E-state index contributed by atoms with van der Waals surface area (Å²) in [6.45, 7) is -0.561. The standard InChI is InChI=1S/C27H18N2O6/c28-14-23-25(20-8-4-5-9-21(20)34-23)29-24(30)15-33-26(31)17-10-11-19-18(12-17)13-22(35-27(19)32)16-6-2-1-3-7-16/h1-12,22H,13,15H2,(H,29,30). The van der Waals surface area contributed by atoms with Crippen molar-refractivity contribution in [3.05, 3.63) is 101 Å². The molecule has 172 valence electrons. The molecule has 0 saturated carbocycles. The van der Waals surface area contributed by atoms with Crippen LogP contribution in [0.4, 0.5) is 5.69 Å². The van der Waals surface area contributed by atoms with E-state index in [2.05, 4.69) is 5.32 Å². The summed E-state index contributed by atoms with van der Waals surface area (Å²) in [4.78, 5) is 37.5. The van der Waals surface area contributed by atoms with Crippen LogP contribution in [0, 0.1) is 11.3 Å². The van der Waals surface area contributed by atoms with Crippen molar-refractivity contribution in [3.8, 4) is 6.07 Å². The van der Waals surface area contributed by atoms with Crippen LogP contribution in [-0.4, -0.2) is 24.5 Å². The van der Waals surface area contributed by atoms with Crippen LogP contribution in [0.3, 0.4) is 0 Å². The maximum absolute atomic E-state index is 12.6. The number of rotatable bonds is 5. The first-order chi connectivity index (χ1) is 17.0. The molecule has 8 heteroatoms. The number of nitrogens with one attached hydrogen (secondary N) is 1. The van der Waals surface area contributed by atoms with E-state index in [-0.39, 0.29) is 17.0 Å². The van der Waals surface area contributed by atoms with Crippen molar-refractivity contribution in [2.45, 2.75) is 12.5 Å². The number of esters is 2. The first kappa shape index (κ1) is 21.9. The third-order valence-corrected chi connectivity index (χ3v) is 5.68. The van der Waals surface area contributed by atoms with Gasteiger partial charge < -0.3 is 19.2 Å². The van der Waals surface area contributed by atoms with Crippen molar-refractivity contribution in [1.29, 1.82) is 5.26 Å². The van der Waals surface area contributed by atoms with Crippen LogP contribution in [0.25, 0.3) is 11.0 Å². The molecule has 0 bridgehead atoms. The van der Waals surface area contributed by atoms with Crippen molar-refractivity contribution >= 4 is 34.5 Å². The average molecular weight is 466 g/mol. The zero-order valence-corrected chi connectivity index (χ0v) is 18.3. The molecule has 0 aliphatic carbocycles. The molecule has 4 aromatic rings. The van der Waals surface area contributed by atoms with E-state index in [0.29, 0.717) is 28.5 Å². The molecule has 0 spiro atoms. The van der Waals surface area contributed by atoms with Crippen LogP contribution in [0.1, 0.15) is 43.7 Å². The number of cyclic esters (lactones) is 1. The molecule has 0 radical (unpaired) electrons. The number of carbonyl (C=O) groups is 3. The lowest BCUT2D eigenvalue weighted by molar-refractivity contribution is -0.119. The quantitative estimate of drug-likeness (QED) is 0.429. The number of amides is 1. The van der Waals surface area contributed by atoms with Gasteiger partial charge in [0.2, 0.25) is 5.76 Å². The first-order valence-corrected chi connectivity index (χ1v) is 10.8. The molecule has 1 aliphatic heterocycles. The minimum atomic E-state index is -0.712. The molecule has 3 aromatic carbocycles. The lowest BCUT2D eigenvalue weighted by Crippen LogP contribution is -2.23. The van der Waals surface area contributed by atoms with Gasteiger partial charge in [0, 0.05) is 11.8 Å². The Morgan fingerprint density at radius 3 is 2.63 bits per heavy atom. The van der Waals surface area contributed by atoms with E-state index >= 15 is 0 Å².